The topological polar surface area (TPSA) is 60.8 Å². The van der Waals surface area contributed by atoms with Crippen LogP contribution in [0.4, 0.5) is 5.69 Å². The predicted octanol–water partition coefficient (Wildman–Crippen LogP) is 1.98. The fourth-order valence-electron chi connectivity index (χ4n) is 1.80. The summed E-state index contributed by atoms with van der Waals surface area (Å²) in [7, 11) is 0. The highest BCUT2D eigenvalue weighted by Crippen LogP contribution is 2.22. The molecule has 0 unspecified atom stereocenters. The molecule has 0 amide bonds. The summed E-state index contributed by atoms with van der Waals surface area (Å²) < 4.78 is 0. The molecule has 2 N–H and O–H groups in total. The van der Waals surface area contributed by atoms with Crippen LogP contribution >= 0.6 is 0 Å². The van der Waals surface area contributed by atoms with Crippen LogP contribution in [0.15, 0.2) is 24.3 Å². The van der Waals surface area contributed by atoms with E-state index in [2.05, 4.69) is 0 Å². The maximum Gasteiger partial charge on any atom is 0.337 e. The first-order chi connectivity index (χ1) is 8.07. The standard InChI is InChI=1S/C13H19NO3/c1-10(2)14(8-5-9-15)12-7-4-3-6-11(12)13(16)17/h3-4,6-7,10,15H,5,8-9H2,1-2H3,(H,16,17). The van der Waals surface area contributed by atoms with Gasteiger partial charge in [0, 0.05) is 19.2 Å². The number of nitrogens with zero attached hydrogens (tertiary/aromatic N) is 1. The number of hydrogen-bond donors (Lipinski definition) is 2. The average molecular weight is 237 g/mol. The Hall–Kier alpha value is -1.55. The van der Waals surface area contributed by atoms with E-state index < -0.39 is 5.97 Å². The number of aliphatic hydroxyl groups excluding tert-OH is 1. The normalized spacial score (nSPS) is 10.6. The third kappa shape index (κ3) is 3.46. The molecular formula is C13H19NO3. The van der Waals surface area contributed by atoms with Crippen LogP contribution in [0.1, 0.15) is 30.6 Å². The van der Waals surface area contributed by atoms with Gasteiger partial charge in [0.2, 0.25) is 0 Å². The lowest BCUT2D eigenvalue weighted by molar-refractivity contribution is 0.0697. The third-order valence-corrected chi connectivity index (χ3v) is 2.62. The number of hydrogen-bond acceptors (Lipinski definition) is 3. The van der Waals surface area contributed by atoms with Crippen molar-refractivity contribution in [2.24, 2.45) is 0 Å². The Balaban J connectivity index is 3.04. The SMILES string of the molecule is CC(C)N(CCCO)c1ccccc1C(=O)O. The number of anilines is 1. The van der Waals surface area contributed by atoms with Gasteiger partial charge in [-0.2, -0.15) is 0 Å². The molecule has 94 valence electrons. The van der Waals surface area contributed by atoms with Crippen LogP contribution in [0.2, 0.25) is 0 Å². The Morgan fingerprint density at radius 2 is 2.00 bits per heavy atom. The van der Waals surface area contributed by atoms with Crippen LogP contribution in [0.3, 0.4) is 0 Å². The molecular weight excluding hydrogens is 218 g/mol. The van der Waals surface area contributed by atoms with Crippen molar-refractivity contribution in [3.63, 3.8) is 0 Å². The Kier molecular flexibility index (Phi) is 4.97. The zero-order chi connectivity index (χ0) is 12.8. The summed E-state index contributed by atoms with van der Waals surface area (Å²) in [6, 6.07) is 7.16. The Bertz CT molecular complexity index is 377. The zero-order valence-corrected chi connectivity index (χ0v) is 10.3. The molecule has 0 aromatic heterocycles. The molecule has 17 heavy (non-hydrogen) atoms. The van der Waals surface area contributed by atoms with E-state index in [1.165, 1.54) is 0 Å². The third-order valence-electron chi connectivity index (χ3n) is 2.62. The number of aromatic carboxylic acids is 1. The number of carboxylic acids is 1. The van der Waals surface area contributed by atoms with Gasteiger partial charge < -0.3 is 15.1 Å². The minimum absolute atomic E-state index is 0.110. The van der Waals surface area contributed by atoms with E-state index in [4.69, 9.17) is 10.2 Å². The lowest BCUT2D eigenvalue weighted by Crippen LogP contribution is -2.33. The molecule has 0 radical (unpaired) electrons. The van der Waals surface area contributed by atoms with Crippen LogP contribution in [0, 0.1) is 0 Å². The summed E-state index contributed by atoms with van der Waals surface area (Å²) in [5, 5.41) is 18.0. The second-order valence-corrected chi connectivity index (χ2v) is 4.19. The first-order valence-corrected chi connectivity index (χ1v) is 5.77. The molecule has 0 bridgehead atoms. The number of carbonyl (C=O) groups is 1. The van der Waals surface area contributed by atoms with Crippen molar-refractivity contribution in [3.8, 4) is 0 Å². The average Bonchev–Trinajstić information content (AvgIpc) is 2.29. The summed E-state index contributed by atoms with van der Waals surface area (Å²) in [4.78, 5) is 13.1. The number of aliphatic hydroxyl groups is 1. The van der Waals surface area contributed by atoms with Gasteiger partial charge in [0.05, 0.1) is 11.3 Å². The van der Waals surface area contributed by atoms with Gasteiger partial charge in [-0.25, -0.2) is 4.79 Å². The van der Waals surface area contributed by atoms with Gasteiger partial charge in [-0.15, -0.1) is 0 Å². The number of para-hydroxylation sites is 1. The molecule has 4 heteroatoms. The van der Waals surface area contributed by atoms with Gasteiger partial charge in [-0.1, -0.05) is 12.1 Å². The quantitative estimate of drug-likeness (QED) is 0.794. The van der Waals surface area contributed by atoms with Crippen LogP contribution in [0.5, 0.6) is 0 Å². The molecule has 0 fully saturated rings. The van der Waals surface area contributed by atoms with Gasteiger partial charge in [0.25, 0.3) is 0 Å². The van der Waals surface area contributed by atoms with Gasteiger partial charge in [0.1, 0.15) is 0 Å². The first-order valence-electron chi connectivity index (χ1n) is 5.77. The van der Waals surface area contributed by atoms with Crippen LogP contribution in [-0.4, -0.2) is 35.4 Å². The molecule has 0 aliphatic heterocycles. The van der Waals surface area contributed by atoms with Crippen molar-refractivity contribution in [3.05, 3.63) is 29.8 Å². The highest BCUT2D eigenvalue weighted by Gasteiger charge is 2.17. The van der Waals surface area contributed by atoms with Crippen LogP contribution in [-0.2, 0) is 0 Å². The first kappa shape index (κ1) is 13.5. The van der Waals surface area contributed by atoms with E-state index in [1.54, 1.807) is 18.2 Å². The van der Waals surface area contributed by atoms with E-state index in [1.807, 2.05) is 24.8 Å². The molecule has 0 atom stereocenters. The van der Waals surface area contributed by atoms with Crippen molar-refractivity contribution in [1.29, 1.82) is 0 Å². The van der Waals surface area contributed by atoms with E-state index in [9.17, 15) is 4.79 Å². The Labute approximate surface area is 101 Å². The lowest BCUT2D eigenvalue weighted by atomic mass is 10.1. The number of carboxylic acid groups (broad SMARTS) is 1. The maximum atomic E-state index is 11.1. The molecule has 0 aliphatic carbocycles. The summed E-state index contributed by atoms with van der Waals surface area (Å²) in [5.74, 6) is -0.921. The molecule has 0 aliphatic rings. The highest BCUT2D eigenvalue weighted by molar-refractivity contribution is 5.94. The monoisotopic (exact) mass is 237 g/mol. The summed E-state index contributed by atoms with van der Waals surface area (Å²) in [5.41, 5.74) is 1.02. The summed E-state index contributed by atoms with van der Waals surface area (Å²) >= 11 is 0. The lowest BCUT2D eigenvalue weighted by Gasteiger charge is -2.30. The van der Waals surface area contributed by atoms with Crippen LogP contribution in [0.25, 0.3) is 0 Å². The highest BCUT2D eigenvalue weighted by atomic mass is 16.4. The maximum absolute atomic E-state index is 11.1. The molecule has 4 nitrogen and oxygen atoms in total. The fraction of sp³-hybridized carbons (Fsp3) is 0.462. The summed E-state index contributed by atoms with van der Waals surface area (Å²) in [6.07, 6.45) is 0.631. The second kappa shape index (κ2) is 6.25. The van der Waals surface area contributed by atoms with E-state index in [-0.39, 0.29) is 12.6 Å². The summed E-state index contributed by atoms with van der Waals surface area (Å²) in [6.45, 7) is 4.78. The fourth-order valence-corrected chi connectivity index (χ4v) is 1.80. The number of benzene rings is 1. The van der Waals surface area contributed by atoms with Crippen LogP contribution < -0.4 is 4.90 Å². The molecule has 0 saturated carbocycles. The molecule has 0 heterocycles. The molecule has 0 spiro atoms. The van der Waals surface area contributed by atoms with E-state index >= 15 is 0 Å². The van der Waals surface area contributed by atoms with Crippen molar-refractivity contribution in [1.82, 2.24) is 0 Å². The molecule has 1 aromatic carbocycles. The Morgan fingerprint density at radius 1 is 1.35 bits per heavy atom. The van der Waals surface area contributed by atoms with Gasteiger partial charge in [-0.3, -0.25) is 0 Å². The second-order valence-electron chi connectivity index (χ2n) is 4.19. The smallest absolute Gasteiger partial charge is 0.337 e. The largest absolute Gasteiger partial charge is 0.478 e. The zero-order valence-electron chi connectivity index (χ0n) is 10.3. The number of rotatable bonds is 6. The predicted molar refractivity (Wildman–Crippen MR) is 67.6 cm³/mol. The molecule has 1 aromatic rings. The van der Waals surface area contributed by atoms with Crippen molar-refractivity contribution >= 4 is 11.7 Å². The van der Waals surface area contributed by atoms with Crippen molar-refractivity contribution in [2.45, 2.75) is 26.3 Å². The minimum atomic E-state index is -0.921. The molecule has 0 saturated heterocycles. The van der Waals surface area contributed by atoms with Crippen molar-refractivity contribution < 1.29 is 15.0 Å². The molecule has 1 rings (SSSR count). The van der Waals surface area contributed by atoms with Gasteiger partial charge in [0.15, 0.2) is 0 Å². The van der Waals surface area contributed by atoms with E-state index in [0.29, 0.717) is 24.2 Å². The Morgan fingerprint density at radius 3 is 2.53 bits per heavy atom. The van der Waals surface area contributed by atoms with Gasteiger partial charge in [-0.05, 0) is 32.4 Å². The van der Waals surface area contributed by atoms with Gasteiger partial charge >= 0.3 is 5.97 Å². The minimum Gasteiger partial charge on any atom is -0.478 e. The van der Waals surface area contributed by atoms with Crippen molar-refractivity contribution in [2.75, 3.05) is 18.1 Å². The van der Waals surface area contributed by atoms with E-state index in [0.717, 1.165) is 0 Å².